The Kier molecular flexibility index (Phi) is 4.38. The lowest BCUT2D eigenvalue weighted by atomic mass is 10.2. The number of nitrogens with zero attached hydrogens (tertiary/aromatic N) is 5. The highest BCUT2D eigenvalue weighted by Gasteiger charge is 2.17. The molecule has 0 amide bonds. The molecular weight excluding hydrogens is 346 g/mol. The van der Waals surface area contributed by atoms with E-state index in [1.807, 2.05) is 31.3 Å². The summed E-state index contributed by atoms with van der Waals surface area (Å²) in [6.07, 6.45) is 7.60. The largest absolute Gasteiger partial charge is 0.469 e. The smallest absolute Gasteiger partial charge is 0.192 e. The van der Waals surface area contributed by atoms with Crippen LogP contribution in [0.4, 0.5) is 0 Å². The second-order valence-corrected chi connectivity index (χ2v) is 6.98. The molecule has 0 aromatic carbocycles. The molecule has 0 unspecified atom stereocenters. The zero-order chi connectivity index (χ0) is 18.1. The van der Waals surface area contributed by atoms with Crippen molar-refractivity contribution in [2.45, 2.75) is 31.3 Å². The Morgan fingerprint density at radius 2 is 2.15 bits per heavy atom. The molecule has 4 aromatic heterocycles. The number of imidazole rings is 1. The van der Waals surface area contributed by atoms with Crippen molar-refractivity contribution in [2.75, 3.05) is 0 Å². The fourth-order valence-corrected chi connectivity index (χ4v) is 3.75. The minimum atomic E-state index is 0.638. The number of fused-ring (bicyclic) bond motifs is 1. The summed E-state index contributed by atoms with van der Waals surface area (Å²) in [4.78, 5) is 4.72. The number of thioether (sulfide) groups is 1. The monoisotopic (exact) mass is 365 g/mol. The summed E-state index contributed by atoms with van der Waals surface area (Å²) in [5.41, 5.74) is 4.12. The third kappa shape index (κ3) is 2.94. The van der Waals surface area contributed by atoms with E-state index >= 15 is 0 Å². The van der Waals surface area contributed by atoms with Gasteiger partial charge in [-0.15, -0.1) is 16.8 Å². The molecule has 0 atom stereocenters. The third-order valence-corrected chi connectivity index (χ3v) is 5.21. The fourth-order valence-electron chi connectivity index (χ4n) is 2.92. The van der Waals surface area contributed by atoms with Crippen LogP contribution in [0, 0.1) is 13.8 Å². The molecule has 4 rings (SSSR count). The number of rotatable bonds is 6. The quantitative estimate of drug-likeness (QED) is 0.377. The second-order valence-electron chi connectivity index (χ2n) is 6.04. The molecule has 0 aliphatic heterocycles. The number of aryl methyl sites for hydroxylation is 2. The second kappa shape index (κ2) is 6.84. The van der Waals surface area contributed by atoms with Crippen molar-refractivity contribution in [2.24, 2.45) is 0 Å². The standard InChI is InChI=1S/C19H19N5OS/c1-4-8-24-18(16-7-10-25-14(16)3)21-22-19(24)26-12-15-11-23-9-5-6-13(2)17(23)20-15/h4-7,9-11H,1,8,12H2,2-3H3. The molecule has 0 radical (unpaired) electrons. The van der Waals surface area contributed by atoms with Gasteiger partial charge >= 0.3 is 0 Å². The van der Waals surface area contributed by atoms with Crippen LogP contribution < -0.4 is 0 Å². The van der Waals surface area contributed by atoms with Gasteiger partial charge in [-0.1, -0.05) is 23.9 Å². The zero-order valence-corrected chi connectivity index (χ0v) is 15.5. The molecule has 4 heterocycles. The molecule has 4 aromatic rings. The van der Waals surface area contributed by atoms with Gasteiger partial charge in [0, 0.05) is 24.7 Å². The first-order valence-corrected chi connectivity index (χ1v) is 9.30. The summed E-state index contributed by atoms with van der Waals surface area (Å²) in [7, 11) is 0. The van der Waals surface area contributed by atoms with Crippen LogP contribution in [-0.2, 0) is 12.3 Å². The van der Waals surface area contributed by atoms with E-state index in [1.165, 1.54) is 0 Å². The highest BCUT2D eigenvalue weighted by atomic mass is 32.2. The molecule has 0 bridgehead atoms. The van der Waals surface area contributed by atoms with Crippen molar-refractivity contribution in [1.82, 2.24) is 24.1 Å². The van der Waals surface area contributed by atoms with Crippen LogP contribution >= 0.6 is 11.8 Å². The van der Waals surface area contributed by atoms with Crippen LogP contribution in [0.15, 0.2) is 59.1 Å². The van der Waals surface area contributed by atoms with Gasteiger partial charge in [-0.2, -0.15) is 0 Å². The van der Waals surface area contributed by atoms with Crippen molar-refractivity contribution >= 4 is 17.4 Å². The Morgan fingerprint density at radius 1 is 1.27 bits per heavy atom. The minimum absolute atomic E-state index is 0.638. The molecule has 0 aliphatic rings. The summed E-state index contributed by atoms with van der Waals surface area (Å²) < 4.78 is 9.52. The first-order chi connectivity index (χ1) is 12.7. The minimum Gasteiger partial charge on any atom is -0.469 e. The summed E-state index contributed by atoms with van der Waals surface area (Å²) in [6, 6.07) is 6.01. The summed E-state index contributed by atoms with van der Waals surface area (Å²) >= 11 is 1.62. The zero-order valence-electron chi connectivity index (χ0n) is 14.7. The average Bonchev–Trinajstić information content (AvgIpc) is 3.32. The van der Waals surface area contributed by atoms with E-state index in [2.05, 4.69) is 44.9 Å². The lowest BCUT2D eigenvalue weighted by molar-refractivity contribution is 0.534. The first-order valence-electron chi connectivity index (χ1n) is 8.32. The maximum Gasteiger partial charge on any atom is 0.192 e. The topological polar surface area (TPSA) is 61.2 Å². The number of hydrogen-bond acceptors (Lipinski definition) is 5. The van der Waals surface area contributed by atoms with Crippen molar-refractivity contribution in [1.29, 1.82) is 0 Å². The van der Waals surface area contributed by atoms with E-state index in [0.717, 1.165) is 45.0 Å². The summed E-state index contributed by atoms with van der Waals surface area (Å²) in [6.45, 7) is 8.49. The number of furan rings is 1. The predicted octanol–water partition coefficient (Wildman–Crippen LogP) is 4.28. The van der Waals surface area contributed by atoms with Crippen LogP contribution in [0.3, 0.4) is 0 Å². The van der Waals surface area contributed by atoms with E-state index in [4.69, 9.17) is 9.40 Å². The Bertz CT molecular complexity index is 1070. The van der Waals surface area contributed by atoms with Gasteiger partial charge in [-0.05, 0) is 31.5 Å². The van der Waals surface area contributed by atoms with Crippen LogP contribution in [-0.4, -0.2) is 24.1 Å². The van der Waals surface area contributed by atoms with Crippen LogP contribution in [0.2, 0.25) is 0 Å². The molecule has 0 saturated carbocycles. The van der Waals surface area contributed by atoms with Crippen LogP contribution in [0.25, 0.3) is 17.0 Å². The number of aromatic nitrogens is 5. The van der Waals surface area contributed by atoms with Crippen LogP contribution in [0.1, 0.15) is 17.0 Å². The molecule has 0 N–H and O–H groups in total. The number of allylic oxidation sites excluding steroid dienone is 1. The van der Waals surface area contributed by atoms with Crippen molar-refractivity contribution in [3.05, 3.63) is 66.5 Å². The van der Waals surface area contributed by atoms with E-state index in [9.17, 15) is 0 Å². The lowest BCUT2D eigenvalue weighted by Crippen LogP contribution is -2.00. The molecule has 6 nitrogen and oxygen atoms in total. The molecule has 7 heteroatoms. The van der Waals surface area contributed by atoms with Gasteiger partial charge in [-0.3, -0.25) is 4.57 Å². The van der Waals surface area contributed by atoms with Gasteiger partial charge in [-0.25, -0.2) is 4.98 Å². The van der Waals surface area contributed by atoms with Crippen molar-refractivity contribution in [3.8, 4) is 11.4 Å². The molecule has 0 spiro atoms. The maximum absolute atomic E-state index is 5.41. The van der Waals surface area contributed by atoms with Gasteiger partial charge < -0.3 is 8.82 Å². The fraction of sp³-hybridized carbons (Fsp3) is 0.211. The SMILES string of the molecule is C=CCn1c(SCc2cn3cccc(C)c3n2)nnc1-c1ccoc1C. The summed E-state index contributed by atoms with van der Waals surface area (Å²) in [5, 5.41) is 9.58. The van der Waals surface area contributed by atoms with E-state index in [1.54, 1.807) is 18.0 Å². The van der Waals surface area contributed by atoms with Crippen LogP contribution in [0.5, 0.6) is 0 Å². The Morgan fingerprint density at radius 3 is 2.88 bits per heavy atom. The van der Waals surface area contributed by atoms with Gasteiger partial charge in [0.15, 0.2) is 11.0 Å². The first kappa shape index (κ1) is 16.7. The van der Waals surface area contributed by atoms with E-state index in [-0.39, 0.29) is 0 Å². The summed E-state index contributed by atoms with van der Waals surface area (Å²) in [5.74, 6) is 2.35. The lowest BCUT2D eigenvalue weighted by Gasteiger charge is -2.06. The van der Waals surface area contributed by atoms with E-state index in [0.29, 0.717) is 6.54 Å². The predicted molar refractivity (Wildman–Crippen MR) is 102 cm³/mol. The highest BCUT2D eigenvalue weighted by Crippen LogP contribution is 2.28. The van der Waals surface area contributed by atoms with Gasteiger partial charge in [0.25, 0.3) is 0 Å². The molecule has 26 heavy (non-hydrogen) atoms. The van der Waals surface area contributed by atoms with Crippen molar-refractivity contribution in [3.63, 3.8) is 0 Å². The van der Waals surface area contributed by atoms with Gasteiger partial charge in [0.05, 0.1) is 17.5 Å². The Balaban J connectivity index is 1.61. The normalized spacial score (nSPS) is 11.3. The molecular formula is C19H19N5OS. The third-order valence-electron chi connectivity index (χ3n) is 4.21. The molecule has 0 aliphatic carbocycles. The van der Waals surface area contributed by atoms with Crippen molar-refractivity contribution < 1.29 is 4.42 Å². The highest BCUT2D eigenvalue weighted by molar-refractivity contribution is 7.98. The van der Waals surface area contributed by atoms with Gasteiger partial charge in [0.1, 0.15) is 11.4 Å². The van der Waals surface area contributed by atoms with Gasteiger partial charge in [0.2, 0.25) is 0 Å². The molecule has 0 fully saturated rings. The maximum atomic E-state index is 5.41. The van der Waals surface area contributed by atoms with E-state index < -0.39 is 0 Å². The molecule has 0 saturated heterocycles. The Hall–Kier alpha value is -2.80. The average molecular weight is 365 g/mol. The number of pyridine rings is 1. The number of hydrogen-bond donors (Lipinski definition) is 0. The Labute approximate surface area is 155 Å². The molecule has 132 valence electrons.